The second kappa shape index (κ2) is 11.8. The molecule has 0 amide bonds. The number of anilines is 1. The molecule has 37 heavy (non-hydrogen) atoms. The predicted molar refractivity (Wildman–Crippen MR) is 149 cm³/mol. The lowest BCUT2D eigenvalue weighted by Crippen LogP contribution is -2.41. The highest BCUT2D eigenvalue weighted by Crippen LogP contribution is 2.33. The van der Waals surface area contributed by atoms with E-state index in [-0.39, 0.29) is 5.78 Å². The number of hydrogen-bond donors (Lipinski definition) is 0. The third kappa shape index (κ3) is 6.36. The Morgan fingerprint density at radius 3 is 2.11 bits per heavy atom. The maximum absolute atomic E-state index is 13.6. The van der Waals surface area contributed by atoms with Crippen LogP contribution < -0.4 is 4.90 Å². The molecule has 202 valence electrons. The molecule has 6 rings (SSSR count). The molecule has 0 unspecified atom stereocenters. The van der Waals surface area contributed by atoms with E-state index in [0.717, 1.165) is 62.4 Å². The summed E-state index contributed by atoms with van der Waals surface area (Å²) in [4.78, 5) is 26.3. The van der Waals surface area contributed by atoms with E-state index in [4.69, 9.17) is 10.1 Å². The molecule has 7 heteroatoms. The van der Waals surface area contributed by atoms with Crippen molar-refractivity contribution >= 4 is 22.6 Å². The maximum atomic E-state index is 13.6. The van der Waals surface area contributed by atoms with Crippen LogP contribution in [0, 0.1) is 11.8 Å². The van der Waals surface area contributed by atoms with Crippen LogP contribution in [0.5, 0.6) is 0 Å². The highest BCUT2D eigenvalue weighted by atomic mass is 16.1. The van der Waals surface area contributed by atoms with Crippen molar-refractivity contribution in [1.29, 1.82) is 0 Å². The zero-order chi connectivity index (χ0) is 25.0. The topological polar surface area (TPSA) is 57.5 Å². The summed E-state index contributed by atoms with van der Waals surface area (Å²) in [6, 6.07) is 4.27. The molecule has 3 aliphatic heterocycles. The normalized spacial score (nSPS) is 23.0. The zero-order valence-corrected chi connectivity index (χ0v) is 22.8. The van der Waals surface area contributed by atoms with Gasteiger partial charge < -0.3 is 14.7 Å². The molecule has 0 radical (unpaired) electrons. The summed E-state index contributed by atoms with van der Waals surface area (Å²) in [6.07, 6.45) is 14.7. The molecule has 7 nitrogen and oxygen atoms in total. The van der Waals surface area contributed by atoms with E-state index >= 15 is 0 Å². The van der Waals surface area contributed by atoms with Crippen LogP contribution in [-0.2, 0) is 6.54 Å². The molecule has 1 aliphatic carbocycles. The largest absolute Gasteiger partial charge is 0.357 e. The molecule has 2 aromatic rings. The Labute approximate surface area is 222 Å². The van der Waals surface area contributed by atoms with Crippen LogP contribution in [0.1, 0.15) is 87.5 Å². The summed E-state index contributed by atoms with van der Waals surface area (Å²) >= 11 is 0. The lowest BCUT2D eigenvalue weighted by Gasteiger charge is -2.34. The van der Waals surface area contributed by atoms with E-state index in [2.05, 4.69) is 31.5 Å². The Morgan fingerprint density at radius 2 is 1.41 bits per heavy atom. The second-order valence-corrected chi connectivity index (χ2v) is 12.2. The molecular formula is C30H46N6O. The standard InChI is InChI=1S/C30H46N6O/c37-27(22-24-12-18-34(19-13-24)21-20-33-14-4-3-5-15-33)29-26-10-11-28(35-16-6-1-2-7-17-35)31-30(26)36(32-29)23-25-8-9-25/h10-11,24-25H,1-9,12-23H2. The highest BCUT2D eigenvalue weighted by Gasteiger charge is 2.28. The fourth-order valence-electron chi connectivity index (χ4n) is 6.63. The van der Waals surface area contributed by atoms with Gasteiger partial charge in [-0.25, -0.2) is 9.67 Å². The molecule has 0 spiro atoms. The second-order valence-electron chi connectivity index (χ2n) is 12.2. The van der Waals surface area contributed by atoms with Crippen molar-refractivity contribution in [3.63, 3.8) is 0 Å². The first-order valence-corrected chi connectivity index (χ1v) is 15.3. The van der Waals surface area contributed by atoms with Crippen LogP contribution in [0.2, 0.25) is 0 Å². The number of piperidine rings is 2. The average molecular weight is 507 g/mol. The van der Waals surface area contributed by atoms with Crippen molar-refractivity contribution in [3.8, 4) is 0 Å². The number of fused-ring (bicyclic) bond motifs is 1. The molecule has 5 heterocycles. The molecule has 0 N–H and O–H groups in total. The van der Waals surface area contributed by atoms with E-state index in [1.165, 1.54) is 84.0 Å². The number of hydrogen-bond acceptors (Lipinski definition) is 6. The van der Waals surface area contributed by atoms with Gasteiger partial charge in [-0.05, 0) is 102 Å². The first kappa shape index (κ1) is 25.3. The first-order valence-electron chi connectivity index (χ1n) is 15.3. The van der Waals surface area contributed by atoms with Gasteiger partial charge >= 0.3 is 0 Å². The van der Waals surface area contributed by atoms with Gasteiger partial charge in [-0.1, -0.05) is 19.3 Å². The lowest BCUT2D eigenvalue weighted by atomic mass is 9.90. The van der Waals surface area contributed by atoms with E-state index in [9.17, 15) is 4.79 Å². The van der Waals surface area contributed by atoms with Crippen molar-refractivity contribution in [2.24, 2.45) is 11.8 Å². The highest BCUT2D eigenvalue weighted by molar-refractivity contribution is 6.05. The fourth-order valence-corrected chi connectivity index (χ4v) is 6.63. The summed E-state index contributed by atoms with van der Waals surface area (Å²) in [5, 5.41) is 5.87. The van der Waals surface area contributed by atoms with E-state index in [1.807, 2.05) is 0 Å². The van der Waals surface area contributed by atoms with E-state index in [1.54, 1.807) is 0 Å². The third-order valence-corrected chi connectivity index (χ3v) is 9.27. The molecule has 4 fully saturated rings. The number of ketones is 1. The van der Waals surface area contributed by atoms with Crippen molar-refractivity contribution in [1.82, 2.24) is 24.6 Å². The first-order chi connectivity index (χ1) is 18.2. The fraction of sp³-hybridized carbons (Fsp3) is 0.767. The number of carbonyl (C=O) groups is 1. The number of aromatic nitrogens is 3. The van der Waals surface area contributed by atoms with Crippen molar-refractivity contribution < 1.29 is 4.79 Å². The summed E-state index contributed by atoms with van der Waals surface area (Å²) in [5.74, 6) is 2.45. The van der Waals surface area contributed by atoms with Gasteiger partial charge in [-0.3, -0.25) is 4.79 Å². The molecule has 2 aromatic heterocycles. The molecule has 0 atom stereocenters. The number of nitrogens with zero attached hydrogens (tertiary/aromatic N) is 6. The van der Waals surface area contributed by atoms with Crippen molar-refractivity contribution in [3.05, 3.63) is 17.8 Å². The number of rotatable bonds is 9. The smallest absolute Gasteiger partial charge is 0.184 e. The van der Waals surface area contributed by atoms with Crippen LogP contribution in [0.4, 0.5) is 5.82 Å². The lowest BCUT2D eigenvalue weighted by molar-refractivity contribution is 0.0915. The van der Waals surface area contributed by atoms with E-state index in [0.29, 0.717) is 24.0 Å². The number of pyridine rings is 1. The number of carbonyl (C=O) groups excluding carboxylic acids is 1. The number of likely N-dealkylation sites (tertiary alicyclic amines) is 2. The monoisotopic (exact) mass is 506 g/mol. The number of Topliss-reactive ketones (excluding diaryl/α,β-unsaturated/α-hetero) is 1. The van der Waals surface area contributed by atoms with Crippen molar-refractivity contribution in [2.75, 3.05) is 57.3 Å². The summed E-state index contributed by atoms with van der Waals surface area (Å²) in [5.41, 5.74) is 1.59. The predicted octanol–water partition coefficient (Wildman–Crippen LogP) is 4.99. The molecule has 4 aliphatic rings. The molecule has 0 aromatic carbocycles. The van der Waals surface area contributed by atoms with Gasteiger partial charge in [0.25, 0.3) is 0 Å². The van der Waals surface area contributed by atoms with Gasteiger partial charge in [-0.2, -0.15) is 5.10 Å². The molecule has 1 saturated carbocycles. The quantitative estimate of drug-likeness (QED) is 0.447. The van der Waals surface area contributed by atoms with Crippen LogP contribution in [-0.4, -0.2) is 82.7 Å². The molecule has 3 saturated heterocycles. The Hall–Kier alpha value is -1.99. The third-order valence-electron chi connectivity index (χ3n) is 9.27. The van der Waals surface area contributed by atoms with Gasteiger partial charge in [0.15, 0.2) is 11.4 Å². The average Bonchev–Trinajstić information content (AvgIpc) is 3.73. The molecular weight excluding hydrogens is 460 g/mol. The van der Waals surface area contributed by atoms with Crippen LogP contribution in [0.15, 0.2) is 12.1 Å². The minimum atomic E-state index is 0.218. The van der Waals surface area contributed by atoms with Crippen molar-refractivity contribution in [2.45, 2.75) is 83.6 Å². The van der Waals surface area contributed by atoms with Gasteiger partial charge in [0.2, 0.25) is 0 Å². The van der Waals surface area contributed by atoms with Gasteiger partial charge in [0.05, 0.1) is 5.39 Å². The summed E-state index contributed by atoms with van der Waals surface area (Å²) in [7, 11) is 0. The Bertz CT molecular complexity index is 1040. The van der Waals surface area contributed by atoms with Gasteiger partial charge in [0.1, 0.15) is 11.5 Å². The minimum Gasteiger partial charge on any atom is -0.357 e. The van der Waals surface area contributed by atoms with Gasteiger partial charge in [0, 0.05) is 39.1 Å². The van der Waals surface area contributed by atoms with E-state index < -0.39 is 0 Å². The SMILES string of the molecule is O=C(CC1CCN(CCN2CCCCC2)CC1)c1nn(CC2CC2)c2nc(N3CCCCCC3)ccc12. The Kier molecular flexibility index (Phi) is 8.08. The summed E-state index contributed by atoms with van der Waals surface area (Å²) in [6.45, 7) is 10.3. The Balaban J connectivity index is 1.10. The van der Waals surface area contributed by atoms with Gasteiger partial charge in [-0.15, -0.1) is 0 Å². The minimum absolute atomic E-state index is 0.218. The van der Waals surface area contributed by atoms with Crippen LogP contribution in [0.3, 0.4) is 0 Å². The summed E-state index contributed by atoms with van der Waals surface area (Å²) < 4.78 is 2.06. The molecule has 0 bridgehead atoms. The zero-order valence-electron chi connectivity index (χ0n) is 22.8. The Morgan fingerprint density at radius 1 is 0.757 bits per heavy atom. The van der Waals surface area contributed by atoms with Crippen LogP contribution >= 0.6 is 0 Å². The maximum Gasteiger partial charge on any atom is 0.184 e. The van der Waals surface area contributed by atoms with Crippen LogP contribution in [0.25, 0.3) is 11.0 Å².